The number of hydrogen-bond donors (Lipinski definition) is 0. The molecule has 0 atom stereocenters. The van der Waals surface area contributed by atoms with Gasteiger partial charge in [0, 0.05) is 18.1 Å². The Balaban J connectivity index is 2.27. The Bertz CT molecular complexity index is 738. The largest absolute Gasteiger partial charge is 0.434 e. The average Bonchev–Trinajstić information content (AvgIpc) is 2.88. The summed E-state index contributed by atoms with van der Waals surface area (Å²) in [6, 6.07) is 4.34. The molecule has 0 aliphatic heterocycles. The van der Waals surface area contributed by atoms with Crippen LogP contribution in [0.2, 0.25) is 0 Å². The van der Waals surface area contributed by atoms with Gasteiger partial charge in [-0.25, -0.2) is 0 Å². The number of rotatable bonds is 6. The Morgan fingerprint density at radius 2 is 2.12 bits per heavy atom. The maximum Gasteiger partial charge on any atom is 0.387 e. The van der Waals surface area contributed by atoms with E-state index in [1.165, 1.54) is 23.1 Å². The first-order chi connectivity index (χ1) is 11.3. The normalized spacial score (nSPS) is 11.0. The molecule has 0 spiro atoms. The molecule has 9 heteroatoms. The predicted molar refractivity (Wildman–Crippen MR) is 92.2 cm³/mol. The summed E-state index contributed by atoms with van der Waals surface area (Å²) >= 11 is 6.64. The number of amides is 1. The molecule has 0 radical (unpaired) electrons. The SMILES string of the molecule is CCn1ncc(Br)c1CN(C)C(=O)c1cc(Br)ccc1OC(F)F. The number of hydrogen-bond acceptors (Lipinski definition) is 3. The maximum absolute atomic E-state index is 12.7. The van der Waals surface area contributed by atoms with Crippen LogP contribution in [-0.4, -0.2) is 34.2 Å². The van der Waals surface area contributed by atoms with Gasteiger partial charge in [0.15, 0.2) is 0 Å². The van der Waals surface area contributed by atoms with Gasteiger partial charge in [0.25, 0.3) is 5.91 Å². The molecule has 0 aliphatic carbocycles. The highest BCUT2D eigenvalue weighted by molar-refractivity contribution is 9.10. The standard InChI is InChI=1S/C15H15Br2F2N3O2/c1-3-22-12(11(17)7-20-22)8-21(2)14(23)10-6-9(16)4-5-13(10)24-15(18)19/h4-7,15H,3,8H2,1-2H3. The zero-order chi connectivity index (χ0) is 17.9. The van der Waals surface area contributed by atoms with Gasteiger partial charge in [-0.3, -0.25) is 9.48 Å². The molecule has 1 aromatic carbocycles. The molecule has 0 aliphatic rings. The molecule has 0 unspecified atom stereocenters. The van der Waals surface area contributed by atoms with Crippen LogP contribution in [0.5, 0.6) is 5.75 Å². The van der Waals surface area contributed by atoms with E-state index < -0.39 is 12.5 Å². The molecule has 1 amide bonds. The van der Waals surface area contributed by atoms with E-state index in [1.807, 2.05) is 6.92 Å². The van der Waals surface area contributed by atoms with E-state index in [0.717, 1.165) is 10.2 Å². The molecule has 0 saturated heterocycles. The molecule has 0 N–H and O–H groups in total. The number of carbonyl (C=O) groups is 1. The topological polar surface area (TPSA) is 47.4 Å². The second kappa shape index (κ2) is 8.06. The van der Waals surface area contributed by atoms with Gasteiger partial charge in [-0.2, -0.15) is 13.9 Å². The van der Waals surface area contributed by atoms with Crippen molar-refractivity contribution >= 4 is 37.8 Å². The fraction of sp³-hybridized carbons (Fsp3) is 0.333. The fourth-order valence-electron chi connectivity index (χ4n) is 2.19. The highest BCUT2D eigenvalue weighted by Gasteiger charge is 2.21. The molecule has 0 saturated carbocycles. The summed E-state index contributed by atoms with van der Waals surface area (Å²) in [4.78, 5) is 14.1. The smallest absolute Gasteiger partial charge is 0.387 e. The van der Waals surface area contributed by atoms with Crippen molar-refractivity contribution < 1.29 is 18.3 Å². The lowest BCUT2D eigenvalue weighted by Gasteiger charge is -2.20. The van der Waals surface area contributed by atoms with Crippen molar-refractivity contribution in [2.75, 3.05) is 7.05 Å². The summed E-state index contributed by atoms with van der Waals surface area (Å²) in [7, 11) is 1.59. The summed E-state index contributed by atoms with van der Waals surface area (Å²) in [6.45, 7) is -0.139. The van der Waals surface area contributed by atoms with Crippen molar-refractivity contribution in [3.8, 4) is 5.75 Å². The first-order valence-electron chi connectivity index (χ1n) is 7.03. The van der Waals surface area contributed by atoms with Crippen molar-refractivity contribution in [3.05, 3.63) is 44.6 Å². The van der Waals surface area contributed by atoms with Crippen LogP contribution in [0.25, 0.3) is 0 Å². The highest BCUT2D eigenvalue weighted by Crippen LogP contribution is 2.27. The molecule has 0 bridgehead atoms. The Labute approximate surface area is 154 Å². The quantitative estimate of drug-likeness (QED) is 0.637. The second-order valence-electron chi connectivity index (χ2n) is 4.94. The monoisotopic (exact) mass is 465 g/mol. The van der Waals surface area contributed by atoms with Gasteiger partial charge in [-0.05, 0) is 41.1 Å². The van der Waals surface area contributed by atoms with Crippen LogP contribution in [0, 0.1) is 0 Å². The number of benzene rings is 1. The summed E-state index contributed by atoms with van der Waals surface area (Å²) in [6.07, 6.45) is 1.65. The lowest BCUT2D eigenvalue weighted by Crippen LogP contribution is -2.28. The second-order valence-corrected chi connectivity index (χ2v) is 6.71. The van der Waals surface area contributed by atoms with E-state index in [9.17, 15) is 13.6 Å². The van der Waals surface area contributed by atoms with E-state index in [0.29, 0.717) is 11.0 Å². The zero-order valence-electron chi connectivity index (χ0n) is 13.0. The van der Waals surface area contributed by atoms with E-state index in [-0.39, 0.29) is 17.9 Å². The molecule has 1 aromatic heterocycles. The Morgan fingerprint density at radius 1 is 1.42 bits per heavy atom. The lowest BCUT2D eigenvalue weighted by atomic mass is 10.1. The maximum atomic E-state index is 12.7. The van der Waals surface area contributed by atoms with Gasteiger partial charge in [0.05, 0.1) is 28.5 Å². The summed E-state index contributed by atoms with van der Waals surface area (Å²) in [5.41, 5.74) is 0.880. The van der Waals surface area contributed by atoms with Crippen molar-refractivity contribution in [1.82, 2.24) is 14.7 Å². The number of halogens is 4. The van der Waals surface area contributed by atoms with Gasteiger partial charge >= 0.3 is 6.61 Å². The van der Waals surface area contributed by atoms with E-state index in [1.54, 1.807) is 17.9 Å². The molecule has 1 heterocycles. The van der Waals surface area contributed by atoms with Crippen LogP contribution in [-0.2, 0) is 13.1 Å². The van der Waals surface area contributed by atoms with Crippen LogP contribution >= 0.6 is 31.9 Å². The molecule has 2 aromatic rings. The number of nitrogens with zero attached hydrogens (tertiary/aromatic N) is 3. The molecule has 24 heavy (non-hydrogen) atoms. The van der Waals surface area contributed by atoms with Crippen LogP contribution in [0.15, 0.2) is 33.3 Å². The number of aromatic nitrogens is 2. The zero-order valence-corrected chi connectivity index (χ0v) is 16.1. The fourth-order valence-corrected chi connectivity index (χ4v) is 2.97. The molecular weight excluding hydrogens is 452 g/mol. The van der Waals surface area contributed by atoms with Gasteiger partial charge in [0.1, 0.15) is 5.75 Å². The third kappa shape index (κ3) is 4.32. The third-order valence-corrected chi connectivity index (χ3v) is 4.47. The van der Waals surface area contributed by atoms with Gasteiger partial charge in [-0.1, -0.05) is 15.9 Å². The van der Waals surface area contributed by atoms with Gasteiger partial charge in [0.2, 0.25) is 0 Å². The molecular formula is C15H15Br2F2N3O2. The number of carbonyl (C=O) groups excluding carboxylic acids is 1. The molecule has 130 valence electrons. The number of ether oxygens (including phenoxy) is 1. The van der Waals surface area contributed by atoms with E-state index in [4.69, 9.17) is 0 Å². The van der Waals surface area contributed by atoms with Crippen LogP contribution < -0.4 is 4.74 Å². The minimum absolute atomic E-state index is 0.0610. The summed E-state index contributed by atoms with van der Waals surface area (Å²) in [5.74, 6) is -0.587. The van der Waals surface area contributed by atoms with Crippen LogP contribution in [0.3, 0.4) is 0 Å². The average molecular weight is 467 g/mol. The number of alkyl halides is 2. The summed E-state index contributed by atoms with van der Waals surface area (Å²) < 4.78 is 32.7. The molecule has 0 fully saturated rings. The van der Waals surface area contributed by atoms with Crippen molar-refractivity contribution in [1.29, 1.82) is 0 Å². The summed E-state index contributed by atoms with van der Waals surface area (Å²) in [5, 5.41) is 4.19. The Hall–Kier alpha value is -1.48. The molecule has 2 rings (SSSR count). The third-order valence-electron chi connectivity index (χ3n) is 3.32. The van der Waals surface area contributed by atoms with Gasteiger partial charge < -0.3 is 9.64 Å². The minimum Gasteiger partial charge on any atom is -0.434 e. The first-order valence-corrected chi connectivity index (χ1v) is 8.62. The van der Waals surface area contributed by atoms with Crippen molar-refractivity contribution in [2.24, 2.45) is 0 Å². The predicted octanol–water partition coefficient (Wildman–Crippen LogP) is 4.30. The Kier molecular flexibility index (Phi) is 6.34. The molecule has 5 nitrogen and oxygen atoms in total. The number of aryl methyl sites for hydroxylation is 1. The van der Waals surface area contributed by atoms with Crippen molar-refractivity contribution in [3.63, 3.8) is 0 Å². The minimum atomic E-state index is -3.00. The van der Waals surface area contributed by atoms with E-state index in [2.05, 4.69) is 41.7 Å². The lowest BCUT2D eigenvalue weighted by molar-refractivity contribution is -0.0502. The van der Waals surface area contributed by atoms with Gasteiger partial charge in [-0.15, -0.1) is 0 Å². The van der Waals surface area contributed by atoms with Crippen molar-refractivity contribution in [2.45, 2.75) is 26.6 Å². The first kappa shape index (κ1) is 18.9. The van der Waals surface area contributed by atoms with Crippen LogP contribution in [0.1, 0.15) is 23.0 Å². The van der Waals surface area contributed by atoms with E-state index >= 15 is 0 Å². The Morgan fingerprint density at radius 3 is 2.75 bits per heavy atom. The van der Waals surface area contributed by atoms with Crippen LogP contribution in [0.4, 0.5) is 8.78 Å². The highest BCUT2D eigenvalue weighted by atomic mass is 79.9.